The summed E-state index contributed by atoms with van der Waals surface area (Å²) in [5, 5.41) is 0. The third kappa shape index (κ3) is 3.78. The Labute approximate surface area is 126 Å². The highest BCUT2D eigenvalue weighted by Gasteiger charge is 2.28. The highest BCUT2D eigenvalue weighted by Crippen LogP contribution is 2.22. The van der Waals surface area contributed by atoms with Crippen LogP contribution in [0, 0.1) is 5.82 Å². The number of piperidine rings is 1. The third-order valence-corrected chi connectivity index (χ3v) is 4.81. The number of piperazine rings is 1. The molecule has 2 saturated heterocycles. The molecule has 0 bridgehead atoms. The van der Waals surface area contributed by atoms with Crippen LogP contribution in [0.3, 0.4) is 0 Å². The van der Waals surface area contributed by atoms with E-state index in [0.29, 0.717) is 0 Å². The Morgan fingerprint density at radius 1 is 1.29 bits per heavy atom. The molecule has 3 rings (SSSR count). The fourth-order valence-corrected chi connectivity index (χ4v) is 3.50. The number of halogens is 1. The molecule has 0 saturated carbocycles. The third-order valence-electron chi connectivity index (χ3n) is 4.81. The number of aromatic nitrogens is 1. The minimum absolute atomic E-state index is 0.102. The van der Waals surface area contributed by atoms with E-state index in [1.165, 1.54) is 51.2 Å². The maximum atomic E-state index is 12.9. The lowest BCUT2D eigenvalue weighted by Gasteiger charge is -2.44. The zero-order chi connectivity index (χ0) is 14.7. The van der Waals surface area contributed by atoms with E-state index in [-0.39, 0.29) is 11.9 Å². The van der Waals surface area contributed by atoms with Crippen LogP contribution in [0.25, 0.3) is 0 Å². The van der Waals surface area contributed by atoms with Crippen molar-refractivity contribution < 1.29 is 4.39 Å². The largest absolute Gasteiger partial charge is 0.323 e. The van der Waals surface area contributed by atoms with Crippen LogP contribution in [0.15, 0.2) is 18.3 Å². The Morgan fingerprint density at radius 2 is 2.19 bits per heavy atom. The molecule has 2 N–H and O–H groups in total. The number of hydrogen-bond acceptors (Lipinski definition) is 4. The van der Waals surface area contributed by atoms with Gasteiger partial charge >= 0.3 is 0 Å². The molecule has 21 heavy (non-hydrogen) atoms. The van der Waals surface area contributed by atoms with Crippen molar-refractivity contribution in [3.63, 3.8) is 0 Å². The minimum Gasteiger partial charge on any atom is -0.323 e. The fourth-order valence-electron chi connectivity index (χ4n) is 3.50. The van der Waals surface area contributed by atoms with Crippen LogP contribution >= 0.6 is 0 Å². The Hall–Kier alpha value is -1.04. The summed E-state index contributed by atoms with van der Waals surface area (Å²) in [6.07, 6.45) is 6.19. The van der Waals surface area contributed by atoms with Gasteiger partial charge in [0.25, 0.3) is 0 Å². The Balaban J connectivity index is 1.47. The Morgan fingerprint density at radius 3 is 3.00 bits per heavy atom. The summed E-state index contributed by atoms with van der Waals surface area (Å²) in [5.74, 6) is -0.306. The lowest BCUT2D eigenvalue weighted by Crippen LogP contribution is -2.54. The van der Waals surface area contributed by atoms with Gasteiger partial charge in [-0.3, -0.25) is 9.88 Å². The predicted octanol–water partition coefficient (Wildman–Crippen LogP) is 1.78. The Kier molecular flexibility index (Phi) is 4.83. The Bertz CT molecular complexity index is 450. The predicted molar refractivity (Wildman–Crippen MR) is 81.4 cm³/mol. The highest BCUT2D eigenvalue weighted by molar-refractivity contribution is 5.09. The van der Waals surface area contributed by atoms with E-state index in [4.69, 9.17) is 5.73 Å². The molecule has 2 unspecified atom stereocenters. The molecule has 0 amide bonds. The summed E-state index contributed by atoms with van der Waals surface area (Å²) in [6, 6.07) is 3.77. The molecular weight excluding hydrogens is 267 g/mol. The zero-order valence-electron chi connectivity index (χ0n) is 12.5. The van der Waals surface area contributed by atoms with E-state index < -0.39 is 0 Å². The first-order valence-electron chi connectivity index (χ1n) is 8.06. The molecule has 2 atom stereocenters. The topological polar surface area (TPSA) is 45.4 Å². The molecule has 1 aromatic heterocycles. The van der Waals surface area contributed by atoms with E-state index in [1.54, 1.807) is 6.07 Å². The molecular formula is C16H25FN4. The molecule has 2 aliphatic heterocycles. The second kappa shape index (κ2) is 6.81. The molecule has 116 valence electrons. The summed E-state index contributed by atoms with van der Waals surface area (Å²) in [4.78, 5) is 9.24. The minimum atomic E-state index is -0.306. The van der Waals surface area contributed by atoms with Crippen molar-refractivity contribution in [3.8, 4) is 0 Å². The lowest BCUT2D eigenvalue weighted by atomic mass is 9.99. The van der Waals surface area contributed by atoms with Gasteiger partial charge in [-0.2, -0.15) is 0 Å². The average Bonchev–Trinajstić information content (AvgIpc) is 2.53. The van der Waals surface area contributed by atoms with Gasteiger partial charge in [0.2, 0.25) is 0 Å². The van der Waals surface area contributed by atoms with Crippen LogP contribution < -0.4 is 5.73 Å². The molecule has 5 heteroatoms. The second-order valence-electron chi connectivity index (χ2n) is 6.28. The summed E-state index contributed by atoms with van der Waals surface area (Å²) < 4.78 is 12.9. The number of fused-ring (bicyclic) bond motifs is 1. The van der Waals surface area contributed by atoms with Gasteiger partial charge in [0.1, 0.15) is 5.82 Å². The first kappa shape index (κ1) is 14.9. The standard InChI is InChI=1S/C16H25FN4/c17-13-4-5-16(19-11-13)15(18)6-8-20-9-10-21-7-2-1-3-14(21)12-20/h4-5,11,14-15H,1-3,6-10,12,18H2. The summed E-state index contributed by atoms with van der Waals surface area (Å²) in [6.45, 7) is 5.78. The van der Waals surface area contributed by atoms with Gasteiger partial charge in [0.15, 0.2) is 0 Å². The summed E-state index contributed by atoms with van der Waals surface area (Å²) in [5.41, 5.74) is 6.96. The monoisotopic (exact) mass is 292 g/mol. The second-order valence-corrected chi connectivity index (χ2v) is 6.28. The summed E-state index contributed by atoms with van der Waals surface area (Å²) >= 11 is 0. The lowest BCUT2D eigenvalue weighted by molar-refractivity contribution is 0.0480. The van der Waals surface area contributed by atoms with Gasteiger partial charge < -0.3 is 10.6 Å². The maximum Gasteiger partial charge on any atom is 0.141 e. The number of hydrogen-bond donors (Lipinski definition) is 1. The number of nitrogens with two attached hydrogens (primary N) is 1. The quantitative estimate of drug-likeness (QED) is 0.919. The smallest absolute Gasteiger partial charge is 0.141 e. The van der Waals surface area contributed by atoms with E-state index >= 15 is 0 Å². The van der Waals surface area contributed by atoms with Gasteiger partial charge in [-0.25, -0.2) is 4.39 Å². The molecule has 1 aromatic rings. The SMILES string of the molecule is NC(CCN1CCN2CCCCC2C1)c1ccc(F)cn1. The van der Waals surface area contributed by atoms with Gasteiger partial charge in [-0.1, -0.05) is 6.42 Å². The van der Waals surface area contributed by atoms with Crippen molar-refractivity contribution in [1.82, 2.24) is 14.8 Å². The zero-order valence-corrected chi connectivity index (χ0v) is 12.5. The molecule has 0 radical (unpaired) electrons. The van der Waals surface area contributed by atoms with Gasteiger partial charge in [-0.15, -0.1) is 0 Å². The highest BCUT2D eigenvalue weighted by atomic mass is 19.1. The van der Waals surface area contributed by atoms with Crippen LogP contribution in [0.5, 0.6) is 0 Å². The van der Waals surface area contributed by atoms with Crippen LogP contribution in [0.1, 0.15) is 37.4 Å². The van der Waals surface area contributed by atoms with E-state index in [0.717, 1.165) is 31.2 Å². The molecule has 3 heterocycles. The first-order valence-corrected chi connectivity index (χ1v) is 8.06. The summed E-state index contributed by atoms with van der Waals surface area (Å²) in [7, 11) is 0. The van der Waals surface area contributed by atoms with Gasteiger partial charge in [0.05, 0.1) is 11.9 Å². The van der Waals surface area contributed by atoms with Crippen LogP contribution in [0.4, 0.5) is 4.39 Å². The van der Waals surface area contributed by atoms with Crippen molar-refractivity contribution in [2.75, 3.05) is 32.7 Å². The molecule has 2 fully saturated rings. The van der Waals surface area contributed by atoms with Gasteiger partial charge in [0, 0.05) is 38.3 Å². The van der Waals surface area contributed by atoms with Crippen molar-refractivity contribution in [1.29, 1.82) is 0 Å². The van der Waals surface area contributed by atoms with Crippen molar-refractivity contribution in [2.24, 2.45) is 5.73 Å². The van der Waals surface area contributed by atoms with Crippen molar-refractivity contribution >= 4 is 0 Å². The van der Waals surface area contributed by atoms with Crippen LogP contribution in [0.2, 0.25) is 0 Å². The number of nitrogens with zero attached hydrogens (tertiary/aromatic N) is 3. The molecule has 0 aliphatic carbocycles. The van der Waals surface area contributed by atoms with Crippen molar-refractivity contribution in [3.05, 3.63) is 29.8 Å². The van der Waals surface area contributed by atoms with Crippen LogP contribution in [-0.4, -0.2) is 53.5 Å². The average molecular weight is 292 g/mol. The molecule has 0 spiro atoms. The molecule has 4 nitrogen and oxygen atoms in total. The van der Waals surface area contributed by atoms with E-state index in [2.05, 4.69) is 14.8 Å². The van der Waals surface area contributed by atoms with Gasteiger partial charge in [-0.05, 0) is 37.9 Å². The molecule has 2 aliphatic rings. The normalized spacial score (nSPS) is 25.5. The van der Waals surface area contributed by atoms with Crippen LogP contribution in [-0.2, 0) is 0 Å². The first-order chi connectivity index (χ1) is 10.2. The van der Waals surface area contributed by atoms with E-state index in [9.17, 15) is 4.39 Å². The number of pyridine rings is 1. The number of rotatable bonds is 4. The van der Waals surface area contributed by atoms with E-state index in [1.807, 2.05) is 0 Å². The van der Waals surface area contributed by atoms with Crippen molar-refractivity contribution in [2.45, 2.75) is 37.8 Å². The maximum absolute atomic E-state index is 12.9. The molecule has 0 aromatic carbocycles. The fraction of sp³-hybridized carbons (Fsp3) is 0.688.